The van der Waals surface area contributed by atoms with Crippen LogP contribution in [0.5, 0.6) is 0 Å². The van der Waals surface area contributed by atoms with E-state index in [1.54, 1.807) is 6.20 Å². The zero-order valence-electron chi connectivity index (χ0n) is 8.53. The van der Waals surface area contributed by atoms with Gasteiger partial charge in [-0.15, -0.1) is 5.10 Å². The van der Waals surface area contributed by atoms with Crippen molar-refractivity contribution in [1.29, 1.82) is 0 Å². The maximum absolute atomic E-state index is 5.37. The standard InChI is InChI=1S/C10H16N4/c1-2-8-14-10(9-12-13-14)6-4-3-5-7-11/h9H,2-3,5,7-8,11H2,1H3. The molecule has 0 bridgehead atoms. The molecule has 0 aromatic carbocycles. The molecule has 0 aliphatic heterocycles. The van der Waals surface area contributed by atoms with Crippen LogP contribution in [0, 0.1) is 11.8 Å². The van der Waals surface area contributed by atoms with Gasteiger partial charge >= 0.3 is 0 Å². The number of nitrogens with zero attached hydrogens (tertiary/aromatic N) is 3. The van der Waals surface area contributed by atoms with Crippen molar-refractivity contribution in [3.8, 4) is 11.8 Å². The molecule has 2 N–H and O–H groups in total. The quantitative estimate of drug-likeness (QED) is 0.566. The Morgan fingerprint density at radius 1 is 1.57 bits per heavy atom. The average molecular weight is 192 g/mol. The molecule has 1 aromatic rings. The molecule has 0 amide bonds. The lowest BCUT2D eigenvalue weighted by molar-refractivity contribution is 0.574. The van der Waals surface area contributed by atoms with Gasteiger partial charge in [-0.1, -0.05) is 18.1 Å². The highest BCUT2D eigenvalue weighted by Crippen LogP contribution is 1.95. The number of aromatic nitrogens is 3. The highest BCUT2D eigenvalue weighted by molar-refractivity contribution is 5.24. The Bertz CT molecular complexity index is 318. The van der Waals surface area contributed by atoms with Gasteiger partial charge in [-0.3, -0.25) is 0 Å². The van der Waals surface area contributed by atoms with E-state index in [1.165, 1.54) is 0 Å². The Morgan fingerprint density at radius 2 is 2.43 bits per heavy atom. The van der Waals surface area contributed by atoms with E-state index in [0.29, 0.717) is 6.54 Å². The van der Waals surface area contributed by atoms with Crippen LogP contribution in [0.4, 0.5) is 0 Å². The third-order valence-corrected chi connectivity index (χ3v) is 1.78. The first-order valence-electron chi connectivity index (χ1n) is 4.96. The number of hydrogen-bond acceptors (Lipinski definition) is 3. The zero-order valence-corrected chi connectivity index (χ0v) is 8.53. The summed E-state index contributed by atoms with van der Waals surface area (Å²) < 4.78 is 1.83. The summed E-state index contributed by atoms with van der Waals surface area (Å²) in [5, 5.41) is 7.77. The van der Waals surface area contributed by atoms with E-state index in [0.717, 1.165) is 31.5 Å². The SMILES string of the molecule is CCCn1nncc1C#CCCCN. The number of rotatable bonds is 4. The molecular formula is C10H16N4. The number of hydrogen-bond donors (Lipinski definition) is 1. The van der Waals surface area contributed by atoms with Crippen molar-refractivity contribution in [1.82, 2.24) is 15.0 Å². The molecule has 0 atom stereocenters. The molecular weight excluding hydrogens is 176 g/mol. The fraction of sp³-hybridized carbons (Fsp3) is 0.600. The van der Waals surface area contributed by atoms with Crippen molar-refractivity contribution >= 4 is 0 Å². The van der Waals surface area contributed by atoms with E-state index in [-0.39, 0.29) is 0 Å². The molecule has 4 heteroatoms. The molecule has 0 unspecified atom stereocenters. The molecule has 0 spiro atoms. The fourth-order valence-electron chi connectivity index (χ4n) is 1.07. The minimum atomic E-state index is 0.696. The molecule has 14 heavy (non-hydrogen) atoms. The van der Waals surface area contributed by atoms with Crippen LogP contribution in [0.2, 0.25) is 0 Å². The normalized spacial score (nSPS) is 9.57. The fourth-order valence-corrected chi connectivity index (χ4v) is 1.07. The van der Waals surface area contributed by atoms with Gasteiger partial charge in [-0.2, -0.15) is 0 Å². The van der Waals surface area contributed by atoms with Crippen molar-refractivity contribution in [3.05, 3.63) is 11.9 Å². The van der Waals surface area contributed by atoms with Gasteiger partial charge in [0, 0.05) is 13.0 Å². The zero-order chi connectivity index (χ0) is 10.2. The highest BCUT2D eigenvalue weighted by atomic mass is 15.4. The van der Waals surface area contributed by atoms with Gasteiger partial charge in [0.15, 0.2) is 0 Å². The molecule has 0 fully saturated rings. The van der Waals surface area contributed by atoms with Crippen LogP contribution in [0.25, 0.3) is 0 Å². The van der Waals surface area contributed by atoms with Crippen molar-refractivity contribution < 1.29 is 0 Å². The number of unbranched alkanes of at least 4 members (excludes halogenated alkanes) is 1. The smallest absolute Gasteiger partial charge is 0.131 e. The largest absolute Gasteiger partial charge is 0.330 e. The van der Waals surface area contributed by atoms with E-state index in [2.05, 4.69) is 29.1 Å². The van der Waals surface area contributed by atoms with Crippen molar-refractivity contribution in [2.75, 3.05) is 6.54 Å². The topological polar surface area (TPSA) is 56.7 Å². The van der Waals surface area contributed by atoms with Crippen molar-refractivity contribution in [2.45, 2.75) is 32.7 Å². The predicted octanol–water partition coefficient (Wildman–Crippen LogP) is 0.778. The second-order valence-corrected chi connectivity index (χ2v) is 3.04. The van der Waals surface area contributed by atoms with Crippen LogP contribution < -0.4 is 5.73 Å². The van der Waals surface area contributed by atoms with Crippen molar-refractivity contribution in [2.24, 2.45) is 5.73 Å². The number of nitrogens with two attached hydrogens (primary N) is 1. The van der Waals surface area contributed by atoms with E-state index < -0.39 is 0 Å². The lowest BCUT2D eigenvalue weighted by atomic mass is 10.3. The first-order valence-corrected chi connectivity index (χ1v) is 4.96. The Hall–Kier alpha value is -1.34. The van der Waals surface area contributed by atoms with Crippen molar-refractivity contribution in [3.63, 3.8) is 0 Å². The minimum absolute atomic E-state index is 0.696. The van der Waals surface area contributed by atoms with Gasteiger partial charge in [0.25, 0.3) is 0 Å². The minimum Gasteiger partial charge on any atom is -0.330 e. The maximum Gasteiger partial charge on any atom is 0.131 e. The van der Waals surface area contributed by atoms with E-state index in [1.807, 2.05) is 4.68 Å². The van der Waals surface area contributed by atoms with Gasteiger partial charge in [-0.05, 0) is 25.3 Å². The van der Waals surface area contributed by atoms with E-state index >= 15 is 0 Å². The molecule has 0 aliphatic rings. The van der Waals surface area contributed by atoms with Crippen LogP contribution in [0.1, 0.15) is 31.9 Å². The second-order valence-electron chi connectivity index (χ2n) is 3.04. The van der Waals surface area contributed by atoms with Crippen LogP contribution in [-0.4, -0.2) is 21.5 Å². The Balaban J connectivity index is 2.55. The van der Waals surface area contributed by atoms with E-state index in [4.69, 9.17) is 5.73 Å². The van der Waals surface area contributed by atoms with Gasteiger partial charge in [0.2, 0.25) is 0 Å². The summed E-state index contributed by atoms with van der Waals surface area (Å²) in [5.41, 5.74) is 6.26. The van der Waals surface area contributed by atoms with Crippen LogP contribution in [0.15, 0.2) is 6.20 Å². The second kappa shape index (κ2) is 6.17. The van der Waals surface area contributed by atoms with Gasteiger partial charge in [-0.25, -0.2) is 4.68 Å². The molecule has 76 valence electrons. The summed E-state index contributed by atoms with van der Waals surface area (Å²) in [7, 11) is 0. The molecule has 0 saturated heterocycles. The summed E-state index contributed by atoms with van der Waals surface area (Å²) in [4.78, 5) is 0. The summed E-state index contributed by atoms with van der Waals surface area (Å²) in [6.07, 6.45) is 4.53. The molecule has 0 saturated carbocycles. The third-order valence-electron chi connectivity index (χ3n) is 1.78. The van der Waals surface area contributed by atoms with E-state index in [9.17, 15) is 0 Å². The molecule has 1 aromatic heterocycles. The Morgan fingerprint density at radius 3 is 3.14 bits per heavy atom. The summed E-state index contributed by atoms with van der Waals surface area (Å²) >= 11 is 0. The summed E-state index contributed by atoms with van der Waals surface area (Å²) in [6, 6.07) is 0. The third kappa shape index (κ3) is 3.19. The van der Waals surface area contributed by atoms with Crippen LogP contribution >= 0.6 is 0 Å². The summed E-state index contributed by atoms with van der Waals surface area (Å²) in [6.45, 7) is 3.68. The number of aryl methyl sites for hydroxylation is 1. The molecule has 1 rings (SSSR count). The molecule has 4 nitrogen and oxygen atoms in total. The first kappa shape index (κ1) is 10.7. The highest BCUT2D eigenvalue weighted by Gasteiger charge is 1.97. The van der Waals surface area contributed by atoms with Crippen LogP contribution in [-0.2, 0) is 6.54 Å². The first-order chi connectivity index (χ1) is 6.88. The lowest BCUT2D eigenvalue weighted by Gasteiger charge is -1.96. The molecule has 1 heterocycles. The van der Waals surface area contributed by atoms with Gasteiger partial charge < -0.3 is 5.73 Å². The Kier molecular flexibility index (Phi) is 4.73. The van der Waals surface area contributed by atoms with Gasteiger partial charge in [0.05, 0.1) is 6.20 Å². The summed E-state index contributed by atoms with van der Waals surface area (Å²) in [5.74, 6) is 6.10. The monoisotopic (exact) mass is 192 g/mol. The predicted molar refractivity (Wildman–Crippen MR) is 55.5 cm³/mol. The average Bonchev–Trinajstić information content (AvgIpc) is 2.61. The molecule has 0 radical (unpaired) electrons. The van der Waals surface area contributed by atoms with Crippen LogP contribution in [0.3, 0.4) is 0 Å². The lowest BCUT2D eigenvalue weighted by Crippen LogP contribution is -2.01. The van der Waals surface area contributed by atoms with Gasteiger partial charge in [0.1, 0.15) is 5.69 Å². The maximum atomic E-state index is 5.37. The Labute approximate surface area is 84.5 Å². The molecule has 0 aliphatic carbocycles.